The highest BCUT2D eigenvalue weighted by atomic mass is 32.1. The van der Waals surface area contributed by atoms with Crippen molar-refractivity contribution in [3.8, 4) is 27.4 Å². The summed E-state index contributed by atoms with van der Waals surface area (Å²) in [5.41, 5.74) is 7.79. The quantitative estimate of drug-likeness (QED) is 0.0478. The molecule has 18 nitrogen and oxygen atoms in total. The van der Waals surface area contributed by atoms with Gasteiger partial charge in [0, 0.05) is 50.8 Å². The number of thiazole rings is 2. The minimum absolute atomic E-state index is 0.0415. The van der Waals surface area contributed by atoms with Crippen LogP contribution in [0.15, 0.2) is 66.3 Å². The second kappa shape index (κ2) is 24.1. The van der Waals surface area contributed by atoms with Gasteiger partial charge >= 0.3 is 6.09 Å². The summed E-state index contributed by atoms with van der Waals surface area (Å²) in [5, 5.41) is 27.2. The molecule has 2 fully saturated rings. The van der Waals surface area contributed by atoms with Crippen molar-refractivity contribution in [3.05, 3.63) is 88.9 Å². The number of nitrogens with one attached hydrogen (secondary N) is 4. The van der Waals surface area contributed by atoms with Crippen LogP contribution in [-0.2, 0) is 32.7 Å². The van der Waals surface area contributed by atoms with Crippen molar-refractivity contribution in [3.63, 3.8) is 0 Å². The molecule has 1 aliphatic heterocycles. The van der Waals surface area contributed by atoms with Gasteiger partial charge in [-0.2, -0.15) is 5.10 Å². The monoisotopic (exact) mass is 1050 g/mol. The van der Waals surface area contributed by atoms with Gasteiger partial charge in [-0.3, -0.25) is 29.5 Å². The van der Waals surface area contributed by atoms with E-state index in [1.807, 2.05) is 88.7 Å². The Balaban J connectivity index is 0.757. The van der Waals surface area contributed by atoms with E-state index in [1.54, 1.807) is 24.6 Å². The average Bonchev–Trinajstić information content (AvgIpc) is 4.18. The zero-order valence-electron chi connectivity index (χ0n) is 42.9. The highest BCUT2D eigenvalue weighted by Crippen LogP contribution is 2.33. The van der Waals surface area contributed by atoms with Crippen LogP contribution in [0.25, 0.3) is 31.8 Å². The number of carbonyl (C=O) groups is 5. The van der Waals surface area contributed by atoms with E-state index in [4.69, 9.17) is 9.47 Å². The van der Waals surface area contributed by atoms with Crippen LogP contribution in [0.4, 0.5) is 15.6 Å². The number of pyridine rings is 1. The summed E-state index contributed by atoms with van der Waals surface area (Å²) in [5.74, 6) is -1.17. The second-order valence-corrected chi connectivity index (χ2v) is 22.1. The Labute approximate surface area is 439 Å². The number of benzene rings is 2. The molecule has 4 aromatic heterocycles. The molecule has 2 aliphatic rings. The molecule has 5 N–H and O–H groups in total. The number of aliphatic hydroxyl groups excluding tert-OH is 1. The van der Waals surface area contributed by atoms with Gasteiger partial charge in [0.05, 0.1) is 50.4 Å². The van der Waals surface area contributed by atoms with Crippen molar-refractivity contribution in [1.29, 1.82) is 0 Å². The average molecular weight is 1050 g/mol. The molecule has 3 atom stereocenters. The molecule has 8 rings (SSSR count). The summed E-state index contributed by atoms with van der Waals surface area (Å²) in [7, 11) is 1.67. The Bertz CT molecular complexity index is 2960. The van der Waals surface area contributed by atoms with E-state index in [2.05, 4.69) is 41.3 Å². The molecule has 6 aromatic rings. The predicted molar refractivity (Wildman–Crippen MR) is 286 cm³/mol. The topological polar surface area (TPSA) is 232 Å². The Hall–Kier alpha value is -6.77. The first-order chi connectivity index (χ1) is 35.5. The highest BCUT2D eigenvalue weighted by Gasteiger charge is 2.44. The largest absolute Gasteiger partial charge is 0.478 e. The number of carbonyl (C=O) groups excluding carboxylic acids is 5. The molecule has 5 amide bonds. The van der Waals surface area contributed by atoms with E-state index in [9.17, 15) is 29.1 Å². The van der Waals surface area contributed by atoms with E-state index < -0.39 is 41.5 Å². The Morgan fingerprint density at radius 1 is 0.878 bits per heavy atom. The molecular formula is C54H66N10O8S2. The number of aliphatic hydroxyl groups is 1. The number of rotatable bonds is 19. The summed E-state index contributed by atoms with van der Waals surface area (Å²) in [4.78, 5) is 82.9. The number of amides is 5. The number of β-amino-alcohol motifs (C(OH)–C–C–N with tert-alkyl or cyclic N) is 1. The van der Waals surface area contributed by atoms with Crippen LogP contribution in [-0.4, -0.2) is 102 Å². The molecule has 1 saturated carbocycles. The first-order valence-corrected chi connectivity index (χ1v) is 27.1. The first kappa shape index (κ1) is 53.5. The van der Waals surface area contributed by atoms with Crippen LogP contribution in [0.5, 0.6) is 5.88 Å². The van der Waals surface area contributed by atoms with E-state index in [0.717, 1.165) is 81.6 Å². The van der Waals surface area contributed by atoms with E-state index in [-0.39, 0.29) is 43.1 Å². The SMILES string of the molecule is Cc1ncc(-c2ccc3nc(NC(=O)CCCCCCOc4cc(C(=O)N[C@H](C(=O)N5C[C@H](O)C[C@H]5C(=O)NCc5ccc(-c6scnc6C)cc5)C(C)(C)C)nn4C)sc3c2)cc1NC(=O)OC1CCCCC1. The van der Waals surface area contributed by atoms with Gasteiger partial charge in [-0.05, 0) is 92.7 Å². The van der Waals surface area contributed by atoms with Gasteiger partial charge < -0.3 is 35.4 Å². The van der Waals surface area contributed by atoms with Crippen molar-refractivity contribution in [2.24, 2.45) is 12.5 Å². The maximum atomic E-state index is 14.2. The predicted octanol–water partition coefficient (Wildman–Crippen LogP) is 9.10. The van der Waals surface area contributed by atoms with Crippen LogP contribution in [0, 0.1) is 19.3 Å². The van der Waals surface area contributed by atoms with Gasteiger partial charge in [0.15, 0.2) is 10.8 Å². The lowest BCUT2D eigenvalue weighted by Crippen LogP contribution is -2.57. The van der Waals surface area contributed by atoms with Crippen molar-refractivity contribution in [2.45, 2.75) is 136 Å². The number of hydrogen-bond donors (Lipinski definition) is 5. The lowest BCUT2D eigenvalue weighted by Gasteiger charge is -2.35. The summed E-state index contributed by atoms with van der Waals surface area (Å²) >= 11 is 2.96. The molecule has 1 saturated heterocycles. The summed E-state index contributed by atoms with van der Waals surface area (Å²) in [6.45, 7) is 9.85. The number of anilines is 2. The van der Waals surface area contributed by atoms with Crippen molar-refractivity contribution in [2.75, 3.05) is 23.8 Å². The second-order valence-electron chi connectivity index (χ2n) is 20.3. The van der Waals surface area contributed by atoms with Crippen molar-refractivity contribution >= 4 is 73.4 Å². The highest BCUT2D eigenvalue weighted by molar-refractivity contribution is 7.22. The number of nitrogens with zero attached hydrogens (tertiary/aromatic N) is 6. The lowest BCUT2D eigenvalue weighted by molar-refractivity contribution is -0.142. The van der Waals surface area contributed by atoms with Gasteiger partial charge in [-0.25, -0.2) is 19.4 Å². The van der Waals surface area contributed by atoms with Gasteiger partial charge in [-0.1, -0.05) is 81.7 Å². The zero-order chi connectivity index (χ0) is 52.5. The molecule has 2 aromatic carbocycles. The molecule has 20 heteroatoms. The number of likely N-dealkylation sites (tertiary alicyclic amines) is 1. The zero-order valence-corrected chi connectivity index (χ0v) is 44.5. The van der Waals surface area contributed by atoms with E-state index >= 15 is 0 Å². The fourth-order valence-electron chi connectivity index (χ4n) is 9.23. The number of hydrogen-bond acceptors (Lipinski definition) is 14. The van der Waals surface area contributed by atoms with Gasteiger partial charge in [0.1, 0.15) is 18.2 Å². The van der Waals surface area contributed by atoms with Crippen LogP contribution in [0.1, 0.15) is 119 Å². The number of fused-ring (bicyclic) bond motifs is 1. The standard InChI is InChI=1S/C54H66N10O8S2/c1-32-41(59-53(70)72-39-14-10-9-11-15-39)24-37(29-55-32)36-21-22-40-44(25-36)74-52(58-40)60-45(66)16-12-7-8-13-23-71-46-27-42(62-63(46)6)49(67)61-48(54(3,4)5)51(69)64-30-38(65)26-43(64)50(68)56-28-34-17-19-35(20-18-34)47-33(2)57-31-73-47/h17-22,24-25,27,29,31,38-39,43,48,65H,7-16,23,26,28,30H2,1-6H3,(H,56,68)(H,59,70)(H,61,67)(H,58,60,66)/t38-,43+,48-/m1/s1. The summed E-state index contributed by atoms with van der Waals surface area (Å²) in [6, 6.07) is 15.2. The number of aryl methyl sites for hydroxylation is 3. The van der Waals surface area contributed by atoms with Crippen molar-refractivity contribution in [1.82, 2.24) is 40.3 Å². The smallest absolute Gasteiger partial charge is 0.411 e. The van der Waals surface area contributed by atoms with Crippen molar-refractivity contribution < 1.29 is 38.6 Å². The molecule has 74 heavy (non-hydrogen) atoms. The maximum absolute atomic E-state index is 14.2. The molecule has 5 heterocycles. The van der Waals surface area contributed by atoms with Gasteiger partial charge in [-0.15, -0.1) is 11.3 Å². The molecule has 0 bridgehead atoms. The molecule has 392 valence electrons. The third-order valence-corrected chi connectivity index (χ3v) is 15.3. The molecule has 0 radical (unpaired) electrons. The van der Waals surface area contributed by atoms with Crippen LogP contribution >= 0.6 is 22.7 Å². The van der Waals surface area contributed by atoms with Crippen LogP contribution in [0.2, 0.25) is 0 Å². The third kappa shape index (κ3) is 13.7. The minimum Gasteiger partial charge on any atom is -0.478 e. The molecule has 0 unspecified atom stereocenters. The fourth-order valence-corrected chi connectivity index (χ4v) is 11.0. The Morgan fingerprint density at radius 3 is 2.38 bits per heavy atom. The van der Waals surface area contributed by atoms with Crippen LogP contribution in [0.3, 0.4) is 0 Å². The van der Waals surface area contributed by atoms with E-state index in [0.29, 0.717) is 48.3 Å². The molecular weight excluding hydrogens is 981 g/mol. The molecule has 0 spiro atoms. The van der Waals surface area contributed by atoms with E-state index in [1.165, 1.54) is 33.4 Å². The minimum atomic E-state index is -1.03. The normalized spacial score (nSPS) is 16.4. The lowest BCUT2D eigenvalue weighted by atomic mass is 9.85. The number of aromatic nitrogens is 5. The first-order valence-electron chi connectivity index (χ1n) is 25.4. The Kier molecular flexibility index (Phi) is 17.4. The number of unbranched alkanes of at least 4 members (excludes halogenated alkanes) is 3. The summed E-state index contributed by atoms with van der Waals surface area (Å²) < 4.78 is 14.0. The fraction of sp³-hybridized carbons (Fsp3) is 0.463. The maximum Gasteiger partial charge on any atom is 0.411 e. The summed E-state index contributed by atoms with van der Waals surface area (Å²) in [6.07, 6.45) is 8.89. The number of ether oxygens (including phenoxy) is 2. The Morgan fingerprint density at radius 2 is 1.64 bits per heavy atom. The van der Waals surface area contributed by atoms with Gasteiger partial charge in [0.2, 0.25) is 23.6 Å². The van der Waals surface area contributed by atoms with Crippen LogP contribution < -0.4 is 26.0 Å². The molecule has 1 aliphatic carbocycles. The van der Waals surface area contributed by atoms with Gasteiger partial charge in [0.25, 0.3) is 5.91 Å². The third-order valence-electron chi connectivity index (χ3n) is 13.4.